The van der Waals surface area contributed by atoms with E-state index in [2.05, 4.69) is 15.3 Å². The first-order valence-electron chi connectivity index (χ1n) is 7.55. The van der Waals surface area contributed by atoms with Gasteiger partial charge < -0.3 is 5.32 Å². The van der Waals surface area contributed by atoms with Crippen LogP contribution in [0.5, 0.6) is 0 Å². The van der Waals surface area contributed by atoms with E-state index in [9.17, 15) is 0 Å². The zero-order valence-corrected chi connectivity index (χ0v) is 12.1. The van der Waals surface area contributed by atoms with E-state index in [1.807, 2.05) is 0 Å². The molecule has 0 saturated heterocycles. The molecule has 2 atom stereocenters. The van der Waals surface area contributed by atoms with Gasteiger partial charge in [0.2, 0.25) is 0 Å². The van der Waals surface area contributed by atoms with Crippen LogP contribution >= 0.6 is 11.6 Å². The van der Waals surface area contributed by atoms with Gasteiger partial charge in [-0.15, -0.1) is 11.6 Å². The maximum absolute atomic E-state index is 6.34. The quantitative estimate of drug-likeness (QED) is 0.679. The molecule has 0 spiro atoms. The van der Waals surface area contributed by atoms with Crippen LogP contribution in [0.3, 0.4) is 0 Å². The third-order valence-corrected chi connectivity index (χ3v) is 5.05. The average molecular weight is 280 g/mol. The lowest BCUT2D eigenvalue weighted by atomic mass is 10.1. The Morgan fingerprint density at radius 1 is 1.11 bits per heavy atom. The Morgan fingerprint density at radius 2 is 2.00 bits per heavy atom. The topological polar surface area (TPSA) is 37.8 Å². The lowest BCUT2D eigenvalue weighted by molar-refractivity contribution is 0.584. The zero-order valence-electron chi connectivity index (χ0n) is 11.4. The maximum atomic E-state index is 6.34. The highest BCUT2D eigenvalue weighted by Gasteiger charge is 2.25. The molecule has 0 radical (unpaired) electrons. The van der Waals surface area contributed by atoms with E-state index < -0.39 is 0 Å². The lowest BCUT2D eigenvalue weighted by Crippen LogP contribution is -2.20. The van der Waals surface area contributed by atoms with Gasteiger partial charge >= 0.3 is 0 Å². The number of hydrogen-bond donors (Lipinski definition) is 1. The molecule has 1 fully saturated rings. The minimum absolute atomic E-state index is 0.341. The van der Waals surface area contributed by atoms with Gasteiger partial charge in [0.25, 0.3) is 0 Å². The fourth-order valence-electron chi connectivity index (χ4n) is 3.30. The molecule has 1 aromatic heterocycles. The maximum Gasteiger partial charge on any atom is 0.132 e. The molecule has 2 aliphatic carbocycles. The normalized spacial score (nSPS) is 26.8. The van der Waals surface area contributed by atoms with Crippen molar-refractivity contribution in [2.75, 3.05) is 11.9 Å². The summed E-state index contributed by atoms with van der Waals surface area (Å²) in [5, 5.41) is 3.88. The van der Waals surface area contributed by atoms with E-state index >= 15 is 0 Å². The van der Waals surface area contributed by atoms with Crippen LogP contribution in [-0.2, 0) is 12.8 Å². The Labute approximate surface area is 120 Å². The van der Waals surface area contributed by atoms with Crippen LogP contribution < -0.4 is 5.32 Å². The smallest absolute Gasteiger partial charge is 0.132 e. The summed E-state index contributed by atoms with van der Waals surface area (Å²) in [6.07, 6.45) is 11.4. The fraction of sp³-hybridized carbons (Fsp3) is 0.733. The Balaban J connectivity index is 1.70. The van der Waals surface area contributed by atoms with Gasteiger partial charge in [0.1, 0.15) is 12.1 Å². The summed E-state index contributed by atoms with van der Waals surface area (Å²) in [5.74, 6) is 1.65. The summed E-state index contributed by atoms with van der Waals surface area (Å²) in [6.45, 7) is 0.956. The number of rotatable bonds is 3. The van der Waals surface area contributed by atoms with Gasteiger partial charge in [-0.2, -0.15) is 0 Å². The summed E-state index contributed by atoms with van der Waals surface area (Å²) in [4.78, 5) is 8.91. The molecule has 0 amide bonds. The van der Waals surface area contributed by atoms with Gasteiger partial charge in [0.05, 0.1) is 0 Å². The molecule has 3 nitrogen and oxygen atoms in total. The molecule has 1 aromatic rings. The van der Waals surface area contributed by atoms with Crippen molar-refractivity contribution >= 4 is 17.4 Å². The largest absolute Gasteiger partial charge is 0.369 e. The summed E-state index contributed by atoms with van der Waals surface area (Å²) in [5.41, 5.74) is 2.60. The summed E-state index contributed by atoms with van der Waals surface area (Å²) < 4.78 is 0. The van der Waals surface area contributed by atoms with Crippen LogP contribution in [0.25, 0.3) is 0 Å². The molecule has 0 bridgehead atoms. The highest BCUT2D eigenvalue weighted by atomic mass is 35.5. The van der Waals surface area contributed by atoms with Gasteiger partial charge in [-0.3, -0.25) is 0 Å². The van der Waals surface area contributed by atoms with Crippen LogP contribution in [-0.4, -0.2) is 21.9 Å². The van der Waals surface area contributed by atoms with Gasteiger partial charge in [0.15, 0.2) is 0 Å². The number of fused-ring (bicyclic) bond motifs is 1. The van der Waals surface area contributed by atoms with E-state index in [0.29, 0.717) is 11.3 Å². The second-order valence-electron chi connectivity index (χ2n) is 5.80. The Bertz CT molecular complexity index is 435. The average Bonchev–Trinajstić information content (AvgIpc) is 2.69. The first-order chi connectivity index (χ1) is 9.34. The second kappa shape index (κ2) is 6.08. The first-order valence-corrected chi connectivity index (χ1v) is 7.99. The highest BCUT2D eigenvalue weighted by molar-refractivity contribution is 6.20. The molecule has 2 aliphatic rings. The van der Waals surface area contributed by atoms with Crippen molar-refractivity contribution in [1.29, 1.82) is 0 Å². The molecule has 2 unspecified atom stereocenters. The number of aromatic nitrogens is 2. The number of nitrogens with zero attached hydrogens (tertiary/aromatic N) is 2. The molecule has 19 heavy (non-hydrogen) atoms. The third kappa shape index (κ3) is 3.02. The minimum atomic E-state index is 0.341. The van der Waals surface area contributed by atoms with E-state index in [0.717, 1.165) is 31.6 Å². The molecular weight excluding hydrogens is 258 g/mol. The number of alkyl halides is 1. The monoisotopic (exact) mass is 279 g/mol. The third-order valence-electron chi connectivity index (χ3n) is 4.47. The highest BCUT2D eigenvalue weighted by Crippen LogP contribution is 2.31. The number of nitrogens with one attached hydrogen (secondary N) is 1. The van der Waals surface area contributed by atoms with Crippen molar-refractivity contribution in [3.63, 3.8) is 0 Å². The molecule has 1 saturated carbocycles. The molecule has 4 heteroatoms. The van der Waals surface area contributed by atoms with Crippen molar-refractivity contribution < 1.29 is 0 Å². The molecule has 1 N–H and O–H groups in total. The zero-order chi connectivity index (χ0) is 13.1. The molecular formula is C15H22ClN3. The Kier molecular flexibility index (Phi) is 4.21. The number of halogens is 1. The molecule has 104 valence electrons. The van der Waals surface area contributed by atoms with Crippen LogP contribution in [0.2, 0.25) is 0 Å². The summed E-state index contributed by atoms with van der Waals surface area (Å²) in [6, 6.07) is 0. The van der Waals surface area contributed by atoms with Crippen LogP contribution in [0.1, 0.15) is 49.8 Å². The second-order valence-corrected chi connectivity index (χ2v) is 6.36. The lowest BCUT2D eigenvalue weighted by Gasteiger charge is -2.17. The molecule has 0 aromatic carbocycles. The van der Waals surface area contributed by atoms with Gasteiger partial charge in [-0.25, -0.2) is 9.97 Å². The number of aryl methyl sites for hydroxylation is 1. The van der Waals surface area contributed by atoms with Crippen molar-refractivity contribution in [2.45, 2.75) is 56.7 Å². The predicted molar refractivity (Wildman–Crippen MR) is 78.8 cm³/mol. The van der Waals surface area contributed by atoms with Crippen molar-refractivity contribution in [2.24, 2.45) is 5.92 Å². The van der Waals surface area contributed by atoms with E-state index in [4.69, 9.17) is 11.6 Å². The first kappa shape index (κ1) is 13.2. The van der Waals surface area contributed by atoms with Crippen molar-refractivity contribution in [1.82, 2.24) is 9.97 Å². The van der Waals surface area contributed by atoms with Crippen molar-refractivity contribution in [3.05, 3.63) is 17.6 Å². The minimum Gasteiger partial charge on any atom is -0.369 e. The Hall–Kier alpha value is -0.830. The van der Waals surface area contributed by atoms with Gasteiger partial charge in [-0.05, 0) is 44.4 Å². The molecule has 0 aliphatic heterocycles. The summed E-state index contributed by atoms with van der Waals surface area (Å²) in [7, 11) is 0. The van der Waals surface area contributed by atoms with E-state index in [-0.39, 0.29) is 0 Å². The van der Waals surface area contributed by atoms with Gasteiger partial charge in [-0.1, -0.05) is 12.8 Å². The fourth-order valence-corrected chi connectivity index (χ4v) is 3.67. The van der Waals surface area contributed by atoms with Crippen LogP contribution in [0, 0.1) is 5.92 Å². The van der Waals surface area contributed by atoms with Gasteiger partial charge in [0, 0.05) is 23.2 Å². The van der Waals surface area contributed by atoms with E-state index in [1.54, 1.807) is 6.33 Å². The SMILES string of the molecule is ClC1CCCC1CNc1ncnc2c1CCCCC2. The number of anilines is 1. The number of hydrogen-bond acceptors (Lipinski definition) is 3. The van der Waals surface area contributed by atoms with Crippen LogP contribution in [0.4, 0.5) is 5.82 Å². The molecule has 1 heterocycles. The molecule has 3 rings (SSSR count). The van der Waals surface area contributed by atoms with Crippen LogP contribution in [0.15, 0.2) is 6.33 Å². The standard InChI is InChI=1S/C15H22ClN3/c16-13-7-4-5-11(13)9-17-15-12-6-2-1-3-8-14(12)18-10-19-15/h10-11,13H,1-9H2,(H,17,18,19). The summed E-state index contributed by atoms with van der Waals surface area (Å²) >= 11 is 6.34. The van der Waals surface area contributed by atoms with E-state index in [1.165, 1.54) is 43.4 Å². The predicted octanol–water partition coefficient (Wildman–Crippen LogP) is 3.56. The van der Waals surface area contributed by atoms with Crippen molar-refractivity contribution in [3.8, 4) is 0 Å². The Morgan fingerprint density at radius 3 is 2.84 bits per heavy atom.